The maximum absolute atomic E-state index is 11.8. The molecule has 0 saturated carbocycles. The molecule has 6 nitrogen and oxygen atoms in total. The summed E-state index contributed by atoms with van der Waals surface area (Å²) in [7, 11) is 0. The van der Waals surface area contributed by atoms with Gasteiger partial charge in [0.25, 0.3) is 0 Å². The Morgan fingerprint density at radius 2 is 2.00 bits per heavy atom. The van der Waals surface area contributed by atoms with Crippen molar-refractivity contribution in [3.63, 3.8) is 0 Å². The third-order valence-electron chi connectivity index (χ3n) is 3.38. The quantitative estimate of drug-likeness (QED) is 0.817. The molecule has 0 aromatic heterocycles. The summed E-state index contributed by atoms with van der Waals surface area (Å²) in [6.45, 7) is 1.58. The molecule has 21 heavy (non-hydrogen) atoms. The molecule has 0 spiro atoms. The topological polar surface area (TPSA) is 93.4 Å². The van der Waals surface area contributed by atoms with Gasteiger partial charge in [-0.3, -0.25) is 14.5 Å². The molecule has 6 heteroatoms. The van der Waals surface area contributed by atoms with Crippen molar-refractivity contribution >= 4 is 17.6 Å². The van der Waals surface area contributed by atoms with E-state index in [2.05, 4.69) is 11.4 Å². The van der Waals surface area contributed by atoms with Crippen LogP contribution in [-0.2, 0) is 16.0 Å². The summed E-state index contributed by atoms with van der Waals surface area (Å²) >= 11 is 0. The molecular formula is C15H17N3O3. The number of carbonyl (C=O) groups is 2. The molecule has 1 aliphatic heterocycles. The van der Waals surface area contributed by atoms with Crippen LogP contribution in [0, 0.1) is 17.2 Å². The molecule has 2 rings (SSSR count). The van der Waals surface area contributed by atoms with Crippen LogP contribution in [-0.4, -0.2) is 41.5 Å². The van der Waals surface area contributed by atoms with E-state index in [1.807, 2.05) is 17.0 Å². The van der Waals surface area contributed by atoms with Crippen LogP contribution in [0.15, 0.2) is 24.3 Å². The fourth-order valence-corrected chi connectivity index (χ4v) is 2.38. The fourth-order valence-electron chi connectivity index (χ4n) is 2.38. The Bertz CT molecular complexity index is 557. The third kappa shape index (κ3) is 4.58. The lowest BCUT2D eigenvalue weighted by atomic mass is 9.96. The van der Waals surface area contributed by atoms with Gasteiger partial charge in [-0.25, -0.2) is 0 Å². The molecule has 1 aliphatic rings. The van der Waals surface area contributed by atoms with Crippen LogP contribution in [0.2, 0.25) is 0 Å². The van der Waals surface area contributed by atoms with Crippen molar-refractivity contribution in [2.24, 2.45) is 5.92 Å². The molecule has 1 aromatic carbocycles. The standard InChI is InChI=1S/C15H17N3O3/c16-6-5-11-1-3-13(4-2-11)17-14(19)10-18-8-12(9-18)7-15(20)21/h1-4,12H,5,7-10H2,(H,17,19)(H,20,21). The molecule has 0 bridgehead atoms. The zero-order chi connectivity index (χ0) is 15.2. The second kappa shape index (κ2) is 6.86. The zero-order valence-corrected chi connectivity index (χ0v) is 11.6. The van der Waals surface area contributed by atoms with Crippen LogP contribution in [0.1, 0.15) is 12.0 Å². The number of benzene rings is 1. The van der Waals surface area contributed by atoms with Crippen molar-refractivity contribution in [3.8, 4) is 6.07 Å². The van der Waals surface area contributed by atoms with E-state index in [-0.39, 0.29) is 24.8 Å². The summed E-state index contributed by atoms with van der Waals surface area (Å²) in [5.41, 5.74) is 1.61. The largest absolute Gasteiger partial charge is 0.481 e. The van der Waals surface area contributed by atoms with Crippen LogP contribution in [0.3, 0.4) is 0 Å². The van der Waals surface area contributed by atoms with Crippen LogP contribution in [0.25, 0.3) is 0 Å². The van der Waals surface area contributed by atoms with Gasteiger partial charge in [-0.2, -0.15) is 5.26 Å². The number of hydrogen-bond donors (Lipinski definition) is 2. The van der Waals surface area contributed by atoms with E-state index in [9.17, 15) is 9.59 Å². The lowest BCUT2D eigenvalue weighted by Crippen LogP contribution is -2.50. The highest BCUT2D eigenvalue weighted by molar-refractivity contribution is 5.92. The van der Waals surface area contributed by atoms with E-state index in [0.717, 1.165) is 5.56 Å². The van der Waals surface area contributed by atoms with Gasteiger partial charge in [-0.15, -0.1) is 0 Å². The first-order chi connectivity index (χ1) is 10.1. The normalized spacial score (nSPS) is 15.0. The molecule has 1 fully saturated rings. The SMILES string of the molecule is N#CCc1ccc(NC(=O)CN2CC(CC(=O)O)C2)cc1. The van der Waals surface area contributed by atoms with Crippen LogP contribution < -0.4 is 5.32 Å². The lowest BCUT2D eigenvalue weighted by Gasteiger charge is -2.37. The van der Waals surface area contributed by atoms with Crippen molar-refractivity contribution in [1.29, 1.82) is 5.26 Å². The van der Waals surface area contributed by atoms with Crippen LogP contribution in [0.5, 0.6) is 0 Å². The number of carboxylic acid groups (broad SMARTS) is 1. The number of nitrogens with zero attached hydrogens (tertiary/aromatic N) is 2. The van der Waals surface area contributed by atoms with Gasteiger partial charge in [-0.05, 0) is 23.6 Å². The highest BCUT2D eigenvalue weighted by Gasteiger charge is 2.29. The van der Waals surface area contributed by atoms with Gasteiger partial charge in [0.15, 0.2) is 0 Å². The number of nitrogens with one attached hydrogen (secondary N) is 1. The Morgan fingerprint density at radius 1 is 1.33 bits per heavy atom. The molecule has 0 aliphatic carbocycles. The van der Waals surface area contributed by atoms with Gasteiger partial charge in [0.05, 0.1) is 25.5 Å². The first-order valence-electron chi connectivity index (χ1n) is 6.76. The van der Waals surface area contributed by atoms with Gasteiger partial charge in [0.2, 0.25) is 5.91 Å². The smallest absolute Gasteiger partial charge is 0.303 e. The molecule has 0 atom stereocenters. The number of carboxylic acids is 1. The van der Waals surface area contributed by atoms with Crippen molar-refractivity contribution in [2.45, 2.75) is 12.8 Å². The van der Waals surface area contributed by atoms with E-state index < -0.39 is 5.97 Å². The van der Waals surface area contributed by atoms with Crippen molar-refractivity contribution < 1.29 is 14.7 Å². The summed E-state index contributed by atoms with van der Waals surface area (Å²) in [6, 6.07) is 9.23. The zero-order valence-electron chi connectivity index (χ0n) is 11.6. The van der Waals surface area contributed by atoms with Gasteiger partial charge in [0, 0.05) is 18.8 Å². The van der Waals surface area contributed by atoms with Gasteiger partial charge < -0.3 is 10.4 Å². The molecule has 1 saturated heterocycles. The first kappa shape index (κ1) is 15.0. The number of hydrogen-bond acceptors (Lipinski definition) is 4. The van der Waals surface area contributed by atoms with E-state index >= 15 is 0 Å². The Morgan fingerprint density at radius 3 is 2.57 bits per heavy atom. The molecule has 110 valence electrons. The molecule has 0 radical (unpaired) electrons. The van der Waals surface area contributed by atoms with Gasteiger partial charge in [0.1, 0.15) is 0 Å². The summed E-state index contributed by atoms with van der Waals surface area (Å²) < 4.78 is 0. The molecule has 0 unspecified atom stereocenters. The summed E-state index contributed by atoms with van der Waals surface area (Å²) in [5, 5.41) is 20.0. The third-order valence-corrected chi connectivity index (χ3v) is 3.38. The van der Waals surface area contributed by atoms with E-state index in [1.54, 1.807) is 12.1 Å². The van der Waals surface area contributed by atoms with E-state index in [4.69, 9.17) is 10.4 Å². The monoisotopic (exact) mass is 287 g/mol. The summed E-state index contributed by atoms with van der Waals surface area (Å²) in [5.74, 6) is -0.751. The minimum atomic E-state index is -0.790. The molecule has 1 aromatic rings. The molecule has 2 N–H and O–H groups in total. The van der Waals surface area contributed by atoms with Crippen molar-refractivity contribution in [1.82, 2.24) is 4.90 Å². The molecule has 1 amide bonds. The number of carbonyl (C=O) groups excluding carboxylic acids is 1. The van der Waals surface area contributed by atoms with Crippen LogP contribution >= 0.6 is 0 Å². The average Bonchev–Trinajstić information content (AvgIpc) is 2.38. The van der Waals surface area contributed by atoms with Crippen LogP contribution in [0.4, 0.5) is 5.69 Å². The number of rotatable bonds is 6. The average molecular weight is 287 g/mol. The number of nitriles is 1. The maximum Gasteiger partial charge on any atom is 0.303 e. The summed E-state index contributed by atoms with van der Waals surface area (Å²) in [6.07, 6.45) is 0.519. The Labute approximate surface area is 123 Å². The number of likely N-dealkylation sites (tertiary alicyclic amines) is 1. The lowest BCUT2D eigenvalue weighted by molar-refractivity contribution is -0.139. The Balaban J connectivity index is 1.73. The number of anilines is 1. The Hall–Kier alpha value is -2.39. The predicted octanol–water partition coefficient (Wildman–Crippen LogP) is 1.10. The molecule has 1 heterocycles. The second-order valence-electron chi connectivity index (χ2n) is 5.24. The minimum absolute atomic E-state index is 0.114. The molecular weight excluding hydrogens is 270 g/mol. The van der Waals surface area contributed by atoms with E-state index in [1.165, 1.54) is 0 Å². The highest BCUT2D eigenvalue weighted by Crippen LogP contribution is 2.18. The number of aliphatic carboxylic acids is 1. The van der Waals surface area contributed by atoms with Gasteiger partial charge >= 0.3 is 5.97 Å². The summed E-state index contributed by atoms with van der Waals surface area (Å²) in [4.78, 5) is 24.3. The van der Waals surface area contributed by atoms with E-state index in [0.29, 0.717) is 25.2 Å². The first-order valence-corrected chi connectivity index (χ1v) is 6.76. The predicted molar refractivity (Wildman–Crippen MR) is 76.6 cm³/mol. The Kier molecular flexibility index (Phi) is 4.90. The highest BCUT2D eigenvalue weighted by atomic mass is 16.4. The maximum atomic E-state index is 11.8. The fraction of sp³-hybridized carbons (Fsp3) is 0.400. The minimum Gasteiger partial charge on any atom is -0.481 e. The van der Waals surface area contributed by atoms with Gasteiger partial charge in [-0.1, -0.05) is 12.1 Å². The van der Waals surface area contributed by atoms with Crippen molar-refractivity contribution in [3.05, 3.63) is 29.8 Å². The van der Waals surface area contributed by atoms with Crippen molar-refractivity contribution in [2.75, 3.05) is 25.0 Å². The number of amides is 1. The second-order valence-corrected chi connectivity index (χ2v) is 5.24.